The van der Waals surface area contributed by atoms with E-state index in [2.05, 4.69) is 11.1 Å². The Morgan fingerprint density at radius 3 is 1.71 bits per heavy atom. The van der Waals surface area contributed by atoms with Crippen LogP contribution in [-0.2, 0) is 28.8 Å². The highest BCUT2D eigenvalue weighted by Crippen LogP contribution is 2.02. The average molecular weight is 328 g/mol. The van der Waals surface area contributed by atoms with E-state index in [1.54, 1.807) is 0 Å². The minimum Gasteiger partial charge on any atom is -0.379 e. The van der Waals surface area contributed by atoms with E-state index in [-0.39, 0.29) is 13.2 Å². The molecule has 0 aliphatic heterocycles. The largest absolute Gasteiger partial charge is 0.397 e. The predicted octanol–water partition coefficient (Wildman–Crippen LogP) is 1.83. The zero-order valence-corrected chi connectivity index (χ0v) is 13.6. The highest BCUT2D eigenvalue weighted by molar-refractivity contribution is 7.80. The Kier molecular flexibility index (Phi) is 14.5. The molecule has 8 heteroatoms. The lowest BCUT2D eigenvalue weighted by Crippen LogP contribution is -2.13. The quantitative estimate of drug-likeness (QED) is 0.341. The number of hydrogen-bond acceptors (Lipinski definition) is 6. The van der Waals surface area contributed by atoms with Gasteiger partial charge in [-0.1, -0.05) is 32.6 Å². The molecular weight excluding hydrogens is 300 g/mol. The van der Waals surface area contributed by atoms with Crippen LogP contribution in [0, 0.1) is 0 Å². The van der Waals surface area contributed by atoms with Crippen LogP contribution in [0.5, 0.6) is 0 Å². The first-order valence-electron chi connectivity index (χ1n) is 7.41. The van der Waals surface area contributed by atoms with Gasteiger partial charge in [0.1, 0.15) is 0 Å². The van der Waals surface area contributed by atoms with E-state index < -0.39 is 10.4 Å². The van der Waals surface area contributed by atoms with Gasteiger partial charge >= 0.3 is 10.4 Å². The molecule has 0 heterocycles. The maximum absolute atomic E-state index is 10.2. The first-order chi connectivity index (χ1) is 10.1. The fourth-order valence-electron chi connectivity index (χ4n) is 1.55. The van der Waals surface area contributed by atoms with Gasteiger partial charge in [-0.05, 0) is 6.42 Å². The summed E-state index contributed by atoms with van der Waals surface area (Å²) in [6.45, 7) is 4.67. The van der Waals surface area contributed by atoms with Gasteiger partial charge in [0.05, 0.1) is 39.6 Å². The third kappa shape index (κ3) is 19.8. The van der Waals surface area contributed by atoms with Gasteiger partial charge in [0, 0.05) is 6.61 Å². The number of ether oxygens (including phenoxy) is 3. The van der Waals surface area contributed by atoms with Gasteiger partial charge in [0.2, 0.25) is 0 Å². The monoisotopic (exact) mass is 328 g/mol. The Balaban J connectivity index is 3.03. The maximum Gasteiger partial charge on any atom is 0.397 e. The minimum atomic E-state index is -4.37. The first kappa shape index (κ1) is 20.8. The molecule has 21 heavy (non-hydrogen) atoms. The Bertz CT molecular complexity index is 306. The summed E-state index contributed by atoms with van der Waals surface area (Å²) in [5, 5.41) is 0. The van der Waals surface area contributed by atoms with Crippen molar-refractivity contribution >= 4 is 10.4 Å². The van der Waals surface area contributed by atoms with Gasteiger partial charge in [-0.2, -0.15) is 8.42 Å². The molecule has 0 fully saturated rings. The summed E-state index contributed by atoms with van der Waals surface area (Å²) < 4.78 is 48.5. The normalized spacial score (nSPS) is 11.9. The molecule has 0 bridgehead atoms. The van der Waals surface area contributed by atoms with Crippen LogP contribution in [0.15, 0.2) is 0 Å². The zero-order valence-electron chi connectivity index (χ0n) is 12.8. The SMILES string of the molecule is CCCCCCCOCCOCCOCCOS(=O)(=O)O. The molecule has 0 aromatic heterocycles. The van der Waals surface area contributed by atoms with E-state index in [1.165, 1.54) is 25.7 Å². The van der Waals surface area contributed by atoms with E-state index in [4.69, 9.17) is 18.8 Å². The number of rotatable bonds is 16. The van der Waals surface area contributed by atoms with Crippen LogP contribution < -0.4 is 0 Å². The summed E-state index contributed by atoms with van der Waals surface area (Å²) in [6, 6.07) is 0. The third-order valence-electron chi connectivity index (χ3n) is 2.60. The van der Waals surface area contributed by atoms with Crippen molar-refractivity contribution in [3.63, 3.8) is 0 Å². The Morgan fingerprint density at radius 1 is 0.714 bits per heavy atom. The van der Waals surface area contributed by atoms with Gasteiger partial charge in [0.25, 0.3) is 0 Å². The second-order valence-corrected chi connectivity index (χ2v) is 5.59. The lowest BCUT2D eigenvalue weighted by atomic mass is 10.2. The van der Waals surface area contributed by atoms with Crippen molar-refractivity contribution in [3.05, 3.63) is 0 Å². The van der Waals surface area contributed by atoms with Crippen LogP contribution in [0.25, 0.3) is 0 Å². The van der Waals surface area contributed by atoms with Gasteiger partial charge in [0.15, 0.2) is 0 Å². The summed E-state index contributed by atoms with van der Waals surface area (Å²) in [6.07, 6.45) is 6.12. The zero-order chi connectivity index (χ0) is 15.8. The molecule has 7 nitrogen and oxygen atoms in total. The van der Waals surface area contributed by atoms with Crippen molar-refractivity contribution in [1.29, 1.82) is 0 Å². The maximum atomic E-state index is 10.2. The van der Waals surface area contributed by atoms with Gasteiger partial charge in [-0.15, -0.1) is 0 Å². The second kappa shape index (κ2) is 14.7. The molecule has 0 saturated carbocycles. The molecule has 0 rings (SSSR count). The molecule has 0 aliphatic rings. The Morgan fingerprint density at radius 2 is 1.19 bits per heavy atom. The van der Waals surface area contributed by atoms with Gasteiger partial charge in [-0.25, -0.2) is 4.18 Å². The van der Waals surface area contributed by atoms with Crippen molar-refractivity contribution in [3.8, 4) is 0 Å². The molecule has 128 valence electrons. The van der Waals surface area contributed by atoms with Crippen molar-refractivity contribution in [2.45, 2.75) is 39.0 Å². The summed E-state index contributed by atoms with van der Waals surface area (Å²) in [7, 11) is -4.37. The molecule has 0 aromatic rings. The van der Waals surface area contributed by atoms with E-state index in [0.717, 1.165) is 13.0 Å². The van der Waals surface area contributed by atoms with Gasteiger partial charge in [-0.3, -0.25) is 4.55 Å². The lowest BCUT2D eigenvalue weighted by molar-refractivity contribution is 0.00855. The first-order valence-corrected chi connectivity index (χ1v) is 8.78. The van der Waals surface area contributed by atoms with Crippen LogP contribution in [0.4, 0.5) is 0 Å². The molecular formula is C13H28O7S. The summed E-state index contributed by atoms with van der Waals surface area (Å²) in [5.74, 6) is 0. The fourth-order valence-corrected chi connectivity index (χ4v) is 1.83. The van der Waals surface area contributed by atoms with E-state index >= 15 is 0 Å². The van der Waals surface area contributed by atoms with E-state index in [1.807, 2.05) is 0 Å². The molecule has 0 radical (unpaired) electrons. The average Bonchev–Trinajstić information content (AvgIpc) is 2.42. The fraction of sp³-hybridized carbons (Fsp3) is 1.00. The molecule has 0 aliphatic carbocycles. The standard InChI is InChI=1S/C13H28O7S/c1-2-3-4-5-6-7-17-8-9-18-10-11-19-12-13-20-21(14,15)16/h2-13H2,1H3,(H,14,15,16). The van der Waals surface area contributed by atoms with Crippen LogP contribution in [-0.4, -0.2) is 59.2 Å². The Labute approximate surface area is 127 Å². The molecule has 0 unspecified atom stereocenters. The van der Waals surface area contributed by atoms with Gasteiger partial charge < -0.3 is 14.2 Å². The van der Waals surface area contributed by atoms with Crippen molar-refractivity contribution < 1.29 is 31.4 Å². The van der Waals surface area contributed by atoms with Crippen LogP contribution >= 0.6 is 0 Å². The summed E-state index contributed by atoms with van der Waals surface area (Å²) >= 11 is 0. The van der Waals surface area contributed by atoms with Crippen LogP contribution in [0.2, 0.25) is 0 Å². The highest BCUT2D eigenvalue weighted by Gasteiger charge is 2.02. The molecule has 0 saturated heterocycles. The summed E-state index contributed by atoms with van der Waals surface area (Å²) in [5.41, 5.74) is 0. The van der Waals surface area contributed by atoms with Crippen molar-refractivity contribution in [2.24, 2.45) is 0 Å². The van der Waals surface area contributed by atoms with Crippen LogP contribution in [0.1, 0.15) is 39.0 Å². The molecule has 0 atom stereocenters. The van der Waals surface area contributed by atoms with Crippen molar-refractivity contribution in [1.82, 2.24) is 0 Å². The molecule has 0 amide bonds. The summed E-state index contributed by atoms with van der Waals surface area (Å²) in [4.78, 5) is 0. The van der Waals surface area contributed by atoms with E-state index in [0.29, 0.717) is 26.4 Å². The molecule has 0 aromatic carbocycles. The van der Waals surface area contributed by atoms with Crippen LogP contribution in [0.3, 0.4) is 0 Å². The Hall–Kier alpha value is -0.250. The number of hydrogen-bond donors (Lipinski definition) is 1. The second-order valence-electron chi connectivity index (χ2n) is 4.50. The minimum absolute atomic E-state index is 0.0808. The molecule has 1 N–H and O–H groups in total. The van der Waals surface area contributed by atoms with Crippen molar-refractivity contribution in [2.75, 3.05) is 46.2 Å². The topological polar surface area (TPSA) is 91.3 Å². The van der Waals surface area contributed by atoms with E-state index in [9.17, 15) is 8.42 Å². The predicted molar refractivity (Wildman–Crippen MR) is 78.7 cm³/mol. The third-order valence-corrected chi connectivity index (χ3v) is 3.06. The lowest BCUT2D eigenvalue weighted by Gasteiger charge is -2.06. The highest BCUT2D eigenvalue weighted by atomic mass is 32.3. The molecule has 0 spiro atoms. The number of unbranched alkanes of at least 4 members (excludes halogenated alkanes) is 4. The smallest absolute Gasteiger partial charge is 0.379 e.